The van der Waals surface area contributed by atoms with Crippen LogP contribution < -0.4 is 19.9 Å². The number of hydrogen-bond acceptors (Lipinski definition) is 5. The second-order valence-electron chi connectivity index (χ2n) is 7.14. The first-order chi connectivity index (χ1) is 15.3. The molecule has 3 aromatic rings. The maximum absolute atomic E-state index is 13.0. The van der Waals surface area contributed by atoms with Crippen LogP contribution in [0.4, 0.5) is 4.39 Å². The summed E-state index contributed by atoms with van der Waals surface area (Å²) in [5, 5.41) is 8.85. The largest absolute Gasteiger partial charge is 0.493 e. The Labute approximate surface area is 192 Å². The summed E-state index contributed by atoms with van der Waals surface area (Å²) in [6.07, 6.45) is 0.717. The number of ether oxygens (including phenoxy) is 2. The fraction of sp³-hybridized carbons (Fsp3) is 0.217. The van der Waals surface area contributed by atoms with Gasteiger partial charge in [-0.05, 0) is 66.1 Å². The van der Waals surface area contributed by atoms with Gasteiger partial charge in [-0.15, -0.1) is 0 Å². The zero-order valence-corrected chi connectivity index (χ0v) is 19.0. The van der Waals surface area contributed by atoms with E-state index in [-0.39, 0.29) is 17.3 Å². The minimum atomic E-state index is -3.68. The number of primary sulfonamides is 1. The van der Waals surface area contributed by atoms with Gasteiger partial charge in [0.2, 0.25) is 10.0 Å². The van der Waals surface area contributed by atoms with Crippen LogP contribution in [0.2, 0.25) is 5.02 Å². The Bertz CT molecular complexity index is 1150. The number of nitrogens with one attached hydrogen (secondary N) is 1. The number of hydrogen-bond donors (Lipinski definition) is 2. The molecule has 32 heavy (non-hydrogen) atoms. The van der Waals surface area contributed by atoms with Gasteiger partial charge in [0.05, 0.1) is 17.0 Å². The van der Waals surface area contributed by atoms with E-state index in [9.17, 15) is 12.8 Å². The van der Waals surface area contributed by atoms with E-state index in [2.05, 4.69) is 5.32 Å². The van der Waals surface area contributed by atoms with Gasteiger partial charge < -0.3 is 14.8 Å². The molecule has 0 aliphatic carbocycles. The summed E-state index contributed by atoms with van der Waals surface area (Å²) in [6.45, 7) is 1.47. The molecule has 3 N–H and O–H groups in total. The molecule has 9 heteroatoms. The number of rotatable bonds is 10. The Morgan fingerprint density at radius 1 is 1.00 bits per heavy atom. The van der Waals surface area contributed by atoms with Crippen LogP contribution in [0.25, 0.3) is 0 Å². The van der Waals surface area contributed by atoms with Gasteiger partial charge in [-0.1, -0.05) is 35.9 Å². The molecule has 0 bridgehead atoms. The van der Waals surface area contributed by atoms with Crippen molar-refractivity contribution in [3.05, 3.63) is 88.2 Å². The summed E-state index contributed by atoms with van der Waals surface area (Å²) in [7, 11) is -2.14. The average molecular weight is 479 g/mol. The Balaban J connectivity index is 1.55. The third kappa shape index (κ3) is 6.67. The van der Waals surface area contributed by atoms with Gasteiger partial charge >= 0.3 is 0 Å². The zero-order chi connectivity index (χ0) is 23.1. The highest BCUT2D eigenvalue weighted by Gasteiger charge is 2.13. The Morgan fingerprint density at radius 2 is 1.66 bits per heavy atom. The summed E-state index contributed by atoms with van der Waals surface area (Å²) in [5.74, 6) is 0.633. The summed E-state index contributed by atoms with van der Waals surface area (Å²) in [5.41, 5.74) is 2.72. The molecule has 3 aromatic carbocycles. The summed E-state index contributed by atoms with van der Waals surface area (Å²) >= 11 is 6.41. The first-order valence-electron chi connectivity index (χ1n) is 9.82. The van der Waals surface area contributed by atoms with E-state index in [1.54, 1.807) is 37.4 Å². The van der Waals surface area contributed by atoms with Crippen LogP contribution in [0.1, 0.15) is 16.7 Å². The molecule has 0 aliphatic rings. The molecule has 0 aliphatic heterocycles. The van der Waals surface area contributed by atoms with Crippen molar-refractivity contribution >= 4 is 21.6 Å². The SMILES string of the molecule is COc1cc(CNCCc2ccc(S(N)(=O)=O)cc2)cc(Cl)c1OCc1ccc(F)cc1. The van der Waals surface area contributed by atoms with Crippen molar-refractivity contribution in [2.75, 3.05) is 13.7 Å². The molecule has 0 saturated carbocycles. The van der Waals surface area contributed by atoms with Crippen LogP contribution in [-0.4, -0.2) is 22.1 Å². The summed E-state index contributed by atoms with van der Waals surface area (Å²) in [6, 6.07) is 16.2. The van der Waals surface area contributed by atoms with Crippen LogP contribution in [0, 0.1) is 5.82 Å². The first-order valence-corrected chi connectivity index (χ1v) is 11.7. The number of halogens is 2. The molecule has 170 valence electrons. The van der Waals surface area contributed by atoms with E-state index in [0.29, 0.717) is 36.0 Å². The molecule has 0 atom stereocenters. The lowest BCUT2D eigenvalue weighted by Gasteiger charge is -2.15. The normalized spacial score (nSPS) is 11.4. The second kappa shape index (κ2) is 10.8. The van der Waals surface area contributed by atoms with Gasteiger partial charge in [-0.2, -0.15) is 0 Å². The molecule has 0 amide bonds. The molecule has 0 aromatic heterocycles. The van der Waals surface area contributed by atoms with Crippen LogP contribution in [0.15, 0.2) is 65.6 Å². The molecule has 0 unspecified atom stereocenters. The van der Waals surface area contributed by atoms with Crippen molar-refractivity contribution in [1.82, 2.24) is 5.32 Å². The number of benzene rings is 3. The van der Waals surface area contributed by atoms with Crippen LogP contribution >= 0.6 is 11.6 Å². The van der Waals surface area contributed by atoms with Gasteiger partial charge in [-0.25, -0.2) is 17.9 Å². The van der Waals surface area contributed by atoms with Crippen molar-refractivity contribution < 1.29 is 22.3 Å². The van der Waals surface area contributed by atoms with Crippen LogP contribution in [-0.2, 0) is 29.6 Å². The van der Waals surface area contributed by atoms with E-state index in [4.69, 9.17) is 26.2 Å². The van der Waals surface area contributed by atoms with Crippen molar-refractivity contribution in [3.8, 4) is 11.5 Å². The number of nitrogens with two attached hydrogens (primary N) is 1. The summed E-state index contributed by atoms with van der Waals surface area (Å²) < 4.78 is 46.9. The Hall–Kier alpha value is -2.65. The van der Waals surface area contributed by atoms with E-state index >= 15 is 0 Å². The lowest BCUT2D eigenvalue weighted by atomic mass is 10.1. The smallest absolute Gasteiger partial charge is 0.238 e. The predicted molar refractivity (Wildman–Crippen MR) is 122 cm³/mol. The fourth-order valence-electron chi connectivity index (χ4n) is 3.06. The topological polar surface area (TPSA) is 90.6 Å². The van der Waals surface area contributed by atoms with E-state index in [1.165, 1.54) is 24.3 Å². The molecule has 6 nitrogen and oxygen atoms in total. The molecule has 0 fully saturated rings. The molecule has 0 radical (unpaired) electrons. The lowest BCUT2D eigenvalue weighted by Crippen LogP contribution is -2.17. The number of sulfonamides is 1. The van der Waals surface area contributed by atoms with Gasteiger partial charge in [0, 0.05) is 6.54 Å². The lowest BCUT2D eigenvalue weighted by molar-refractivity contribution is 0.284. The number of methoxy groups -OCH3 is 1. The minimum absolute atomic E-state index is 0.0951. The summed E-state index contributed by atoms with van der Waals surface area (Å²) in [4.78, 5) is 0.0951. The highest BCUT2D eigenvalue weighted by molar-refractivity contribution is 7.89. The second-order valence-corrected chi connectivity index (χ2v) is 9.11. The quantitative estimate of drug-likeness (QED) is 0.429. The van der Waals surface area contributed by atoms with Gasteiger partial charge in [0.15, 0.2) is 11.5 Å². The zero-order valence-electron chi connectivity index (χ0n) is 17.5. The highest BCUT2D eigenvalue weighted by Crippen LogP contribution is 2.37. The van der Waals surface area contributed by atoms with E-state index in [0.717, 1.165) is 16.7 Å². The Kier molecular flexibility index (Phi) is 8.09. The minimum Gasteiger partial charge on any atom is -0.493 e. The molecular formula is C23H24ClFN2O4S. The van der Waals surface area contributed by atoms with Crippen LogP contribution in [0.3, 0.4) is 0 Å². The standard InChI is InChI=1S/C23H24ClFN2O4S/c1-30-22-13-18(12-21(24)23(22)31-15-17-2-6-19(25)7-3-17)14-27-11-10-16-4-8-20(9-5-16)32(26,28)29/h2-9,12-13,27H,10-11,14-15H2,1H3,(H2,26,28,29). The first kappa shape index (κ1) is 24.0. The third-order valence-corrected chi connectivity index (χ3v) is 5.97. The van der Waals surface area contributed by atoms with Crippen LogP contribution in [0.5, 0.6) is 11.5 Å². The highest BCUT2D eigenvalue weighted by atomic mass is 35.5. The third-order valence-electron chi connectivity index (χ3n) is 4.76. The van der Waals surface area contributed by atoms with Gasteiger partial charge in [-0.3, -0.25) is 0 Å². The predicted octanol–water partition coefficient (Wildman–Crippen LogP) is 4.05. The van der Waals surface area contributed by atoms with Crippen molar-refractivity contribution in [2.45, 2.75) is 24.5 Å². The van der Waals surface area contributed by atoms with Crippen molar-refractivity contribution in [2.24, 2.45) is 5.14 Å². The van der Waals surface area contributed by atoms with E-state index < -0.39 is 10.0 Å². The molecule has 0 spiro atoms. The van der Waals surface area contributed by atoms with E-state index in [1.807, 2.05) is 6.07 Å². The van der Waals surface area contributed by atoms with Crippen molar-refractivity contribution in [3.63, 3.8) is 0 Å². The Morgan fingerprint density at radius 3 is 2.28 bits per heavy atom. The fourth-order valence-corrected chi connectivity index (χ4v) is 3.87. The molecule has 0 saturated heterocycles. The average Bonchev–Trinajstić information content (AvgIpc) is 2.76. The molecule has 0 heterocycles. The molecular weight excluding hydrogens is 455 g/mol. The van der Waals surface area contributed by atoms with Gasteiger partial charge in [0.1, 0.15) is 12.4 Å². The maximum Gasteiger partial charge on any atom is 0.238 e. The monoisotopic (exact) mass is 478 g/mol. The van der Waals surface area contributed by atoms with Gasteiger partial charge in [0.25, 0.3) is 0 Å². The van der Waals surface area contributed by atoms with Crippen molar-refractivity contribution in [1.29, 1.82) is 0 Å². The maximum atomic E-state index is 13.0. The molecule has 3 rings (SSSR count).